The van der Waals surface area contributed by atoms with Crippen molar-refractivity contribution in [1.29, 1.82) is 5.26 Å². The van der Waals surface area contributed by atoms with Crippen molar-refractivity contribution in [3.63, 3.8) is 0 Å². The Morgan fingerprint density at radius 1 is 1.12 bits per heavy atom. The first-order chi connectivity index (χ1) is 16.2. The Bertz CT molecular complexity index is 1350. The molecule has 5 rings (SSSR count). The summed E-state index contributed by atoms with van der Waals surface area (Å²) in [5.74, 6) is 1.65. The molecule has 1 aliphatic heterocycles. The molecule has 1 N–H and O–H groups in total. The molecule has 33 heavy (non-hydrogen) atoms. The lowest BCUT2D eigenvalue weighted by molar-refractivity contribution is -0.131. The fourth-order valence-electron chi connectivity index (χ4n) is 4.29. The second-order valence-electron chi connectivity index (χ2n) is 8.05. The lowest BCUT2D eigenvalue weighted by Gasteiger charge is -2.34. The zero-order valence-electron chi connectivity index (χ0n) is 18.4. The number of hydrogen-bond acceptors (Lipinski definition) is 7. The monoisotopic (exact) mass is 440 g/mol. The molecular formula is C24H24N8O. The first kappa shape index (κ1) is 20.7. The second kappa shape index (κ2) is 8.74. The van der Waals surface area contributed by atoms with Crippen molar-refractivity contribution >= 4 is 34.4 Å². The SMILES string of the molecule is Cc1cc(NCCC(=O)N2CCN(c3ncccn3)CC2)n2c(nc3ccccc32)c1C#N. The molecule has 0 radical (unpaired) electrons. The highest BCUT2D eigenvalue weighted by Crippen LogP contribution is 2.26. The largest absolute Gasteiger partial charge is 0.371 e. The number of carbonyl (C=O) groups excluding carboxylic acids is 1. The van der Waals surface area contributed by atoms with Gasteiger partial charge in [-0.25, -0.2) is 15.0 Å². The molecule has 0 unspecified atom stereocenters. The normalized spacial score (nSPS) is 13.9. The number of amides is 1. The van der Waals surface area contributed by atoms with Gasteiger partial charge in [-0.05, 0) is 36.8 Å². The molecule has 0 atom stereocenters. The zero-order chi connectivity index (χ0) is 22.8. The molecule has 1 aromatic carbocycles. The summed E-state index contributed by atoms with van der Waals surface area (Å²) in [6.45, 7) is 5.16. The molecule has 4 heterocycles. The van der Waals surface area contributed by atoms with E-state index < -0.39 is 0 Å². The van der Waals surface area contributed by atoms with Gasteiger partial charge in [-0.15, -0.1) is 0 Å². The van der Waals surface area contributed by atoms with E-state index in [1.807, 2.05) is 46.6 Å². The summed E-state index contributed by atoms with van der Waals surface area (Å²) in [6.07, 6.45) is 3.85. The molecule has 1 fully saturated rings. The summed E-state index contributed by atoms with van der Waals surface area (Å²) in [5.41, 5.74) is 3.81. The number of hydrogen-bond donors (Lipinski definition) is 1. The molecule has 0 aliphatic carbocycles. The first-order valence-electron chi connectivity index (χ1n) is 11.0. The fourth-order valence-corrected chi connectivity index (χ4v) is 4.29. The molecule has 9 nitrogen and oxygen atoms in total. The number of para-hydroxylation sites is 2. The average molecular weight is 441 g/mol. The van der Waals surface area contributed by atoms with Crippen molar-refractivity contribution in [3.8, 4) is 6.07 Å². The van der Waals surface area contributed by atoms with Crippen LogP contribution in [0, 0.1) is 18.3 Å². The summed E-state index contributed by atoms with van der Waals surface area (Å²) in [7, 11) is 0. The van der Waals surface area contributed by atoms with Crippen LogP contribution in [0.15, 0.2) is 48.8 Å². The Balaban J connectivity index is 1.26. The van der Waals surface area contributed by atoms with Crippen molar-refractivity contribution < 1.29 is 4.79 Å². The van der Waals surface area contributed by atoms with Gasteiger partial charge in [-0.3, -0.25) is 9.20 Å². The van der Waals surface area contributed by atoms with Crippen molar-refractivity contribution in [1.82, 2.24) is 24.3 Å². The Morgan fingerprint density at radius 2 is 1.88 bits per heavy atom. The van der Waals surface area contributed by atoms with Crippen molar-refractivity contribution in [2.75, 3.05) is 42.9 Å². The average Bonchev–Trinajstić information content (AvgIpc) is 3.24. The quantitative estimate of drug-likeness (QED) is 0.509. The number of nitrogens with zero attached hydrogens (tertiary/aromatic N) is 7. The number of nitriles is 1. The van der Waals surface area contributed by atoms with Gasteiger partial charge in [0.25, 0.3) is 0 Å². The van der Waals surface area contributed by atoms with Crippen LogP contribution in [0.25, 0.3) is 16.7 Å². The number of pyridine rings is 1. The van der Waals surface area contributed by atoms with Gasteiger partial charge in [0.15, 0.2) is 5.65 Å². The maximum Gasteiger partial charge on any atom is 0.225 e. The Hall–Kier alpha value is -4.19. The van der Waals surface area contributed by atoms with Crippen molar-refractivity contribution in [2.24, 2.45) is 0 Å². The van der Waals surface area contributed by atoms with Gasteiger partial charge in [0, 0.05) is 51.5 Å². The number of nitrogens with one attached hydrogen (secondary N) is 1. The minimum atomic E-state index is 0.119. The smallest absolute Gasteiger partial charge is 0.225 e. The summed E-state index contributed by atoms with van der Waals surface area (Å²) >= 11 is 0. The lowest BCUT2D eigenvalue weighted by Crippen LogP contribution is -2.49. The minimum Gasteiger partial charge on any atom is -0.371 e. The lowest BCUT2D eigenvalue weighted by atomic mass is 10.1. The van der Waals surface area contributed by atoms with Gasteiger partial charge >= 0.3 is 0 Å². The van der Waals surface area contributed by atoms with Gasteiger partial charge in [0.1, 0.15) is 11.9 Å². The number of aromatic nitrogens is 4. The van der Waals surface area contributed by atoms with E-state index in [1.54, 1.807) is 18.5 Å². The molecule has 1 saturated heterocycles. The third kappa shape index (κ3) is 3.91. The molecule has 0 bridgehead atoms. The highest BCUT2D eigenvalue weighted by molar-refractivity contribution is 5.85. The third-order valence-electron chi connectivity index (χ3n) is 6.00. The van der Waals surface area contributed by atoms with Crippen LogP contribution in [-0.2, 0) is 4.79 Å². The maximum atomic E-state index is 12.8. The highest BCUT2D eigenvalue weighted by atomic mass is 16.2. The number of anilines is 2. The molecule has 1 amide bonds. The van der Waals surface area contributed by atoms with Gasteiger partial charge in [-0.1, -0.05) is 12.1 Å². The molecule has 4 aromatic rings. The number of imidazole rings is 1. The molecule has 166 valence electrons. The molecule has 3 aromatic heterocycles. The fraction of sp³-hybridized carbons (Fsp3) is 0.292. The zero-order valence-corrected chi connectivity index (χ0v) is 18.4. The van der Waals surface area contributed by atoms with E-state index >= 15 is 0 Å². The van der Waals surface area contributed by atoms with Gasteiger partial charge in [0.05, 0.1) is 16.6 Å². The predicted molar refractivity (Wildman–Crippen MR) is 126 cm³/mol. The Morgan fingerprint density at radius 3 is 2.64 bits per heavy atom. The Kier molecular flexibility index (Phi) is 5.48. The summed E-state index contributed by atoms with van der Waals surface area (Å²) in [4.78, 5) is 30.0. The van der Waals surface area contributed by atoms with E-state index in [2.05, 4.69) is 31.2 Å². The maximum absolute atomic E-state index is 12.8. The van der Waals surface area contributed by atoms with Crippen LogP contribution in [0.1, 0.15) is 17.5 Å². The van der Waals surface area contributed by atoms with Gasteiger partial charge in [0.2, 0.25) is 11.9 Å². The first-order valence-corrected chi connectivity index (χ1v) is 11.0. The molecule has 0 saturated carbocycles. The van der Waals surface area contributed by atoms with E-state index in [4.69, 9.17) is 0 Å². The van der Waals surface area contributed by atoms with E-state index in [9.17, 15) is 10.1 Å². The minimum absolute atomic E-state index is 0.119. The Labute approximate surface area is 191 Å². The summed E-state index contributed by atoms with van der Waals surface area (Å²) in [6, 6.07) is 13.8. The van der Waals surface area contributed by atoms with Crippen LogP contribution in [0.5, 0.6) is 0 Å². The second-order valence-corrected chi connectivity index (χ2v) is 8.05. The number of carbonyl (C=O) groups is 1. The van der Waals surface area contributed by atoms with Crippen molar-refractivity contribution in [2.45, 2.75) is 13.3 Å². The van der Waals surface area contributed by atoms with E-state index in [0.29, 0.717) is 43.2 Å². The van der Waals surface area contributed by atoms with E-state index in [-0.39, 0.29) is 5.91 Å². The topological polar surface area (TPSA) is 102 Å². The van der Waals surface area contributed by atoms with E-state index in [1.165, 1.54) is 0 Å². The number of piperazine rings is 1. The third-order valence-corrected chi connectivity index (χ3v) is 6.00. The number of rotatable bonds is 5. The van der Waals surface area contributed by atoms with Crippen LogP contribution in [0.4, 0.5) is 11.8 Å². The predicted octanol–water partition coefficient (Wildman–Crippen LogP) is 2.61. The van der Waals surface area contributed by atoms with Crippen molar-refractivity contribution in [3.05, 3.63) is 59.9 Å². The van der Waals surface area contributed by atoms with Crippen LogP contribution < -0.4 is 10.2 Å². The highest BCUT2D eigenvalue weighted by Gasteiger charge is 2.22. The number of aryl methyl sites for hydroxylation is 1. The van der Waals surface area contributed by atoms with Crippen LogP contribution in [-0.4, -0.2) is 62.9 Å². The summed E-state index contributed by atoms with van der Waals surface area (Å²) < 4.78 is 1.96. The van der Waals surface area contributed by atoms with E-state index in [0.717, 1.165) is 35.5 Å². The summed E-state index contributed by atoms with van der Waals surface area (Å²) in [5, 5.41) is 13.0. The number of fused-ring (bicyclic) bond motifs is 3. The van der Waals surface area contributed by atoms with Crippen LogP contribution >= 0.6 is 0 Å². The van der Waals surface area contributed by atoms with Gasteiger partial charge in [-0.2, -0.15) is 5.26 Å². The van der Waals surface area contributed by atoms with Crippen LogP contribution in [0.3, 0.4) is 0 Å². The molecular weight excluding hydrogens is 416 g/mol. The number of benzene rings is 1. The molecule has 9 heteroatoms. The standard InChI is InChI=1S/C24H24N8O/c1-17-15-21(32-20-6-3-2-5-19(20)29-23(32)18(17)16-25)26-10-7-22(33)30-11-13-31(14-12-30)24-27-8-4-9-28-24/h2-6,8-9,15,26H,7,10-14H2,1H3. The molecule has 0 spiro atoms. The van der Waals surface area contributed by atoms with Crippen LogP contribution in [0.2, 0.25) is 0 Å². The molecule has 1 aliphatic rings. The van der Waals surface area contributed by atoms with Gasteiger partial charge < -0.3 is 15.1 Å².